The van der Waals surface area contributed by atoms with Gasteiger partial charge in [-0.2, -0.15) is 0 Å². The predicted octanol–water partition coefficient (Wildman–Crippen LogP) is 1.74. The van der Waals surface area contributed by atoms with Crippen LogP contribution in [0.25, 0.3) is 11.3 Å². The predicted molar refractivity (Wildman–Crippen MR) is 77.3 cm³/mol. The summed E-state index contributed by atoms with van der Waals surface area (Å²) in [7, 11) is 3.22. The molecule has 1 aromatic heterocycles. The normalized spacial score (nSPS) is 14.3. The van der Waals surface area contributed by atoms with Crippen molar-refractivity contribution < 1.29 is 9.47 Å². The van der Waals surface area contributed by atoms with Crippen molar-refractivity contribution in [3.05, 3.63) is 24.0 Å². The van der Waals surface area contributed by atoms with Crippen molar-refractivity contribution >= 4 is 5.82 Å². The molecule has 1 heterocycles. The maximum Gasteiger partial charge on any atom is 0.150 e. The first-order valence-corrected chi connectivity index (χ1v) is 6.51. The van der Waals surface area contributed by atoms with Crippen LogP contribution in [-0.2, 0) is 0 Å². The molecule has 0 amide bonds. The van der Waals surface area contributed by atoms with Crippen molar-refractivity contribution in [3.63, 3.8) is 0 Å². The van der Waals surface area contributed by atoms with Crippen LogP contribution in [0.15, 0.2) is 18.2 Å². The minimum absolute atomic E-state index is 0.431. The van der Waals surface area contributed by atoms with Gasteiger partial charge in [-0.15, -0.1) is 0 Å². The van der Waals surface area contributed by atoms with E-state index in [0.29, 0.717) is 23.2 Å². The van der Waals surface area contributed by atoms with Crippen molar-refractivity contribution in [1.82, 2.24) is 9.66 Å². The zero-order valence-electron chi connectivity index (χ0n) is 11.6. The highest BCUT2D eigenvalue weighted by Gasteiger charge is 2.31. The lowest BCUT2D eigenvalue weighted by molar-refractivity contribution is 0.395. The summed E-state index contributed by atoms with van der Waals surface area (Å²) >= 11 is 0. The molecule has 0 saturated heterocycles. The third-order valence-electron chi connectivity index (χ3n) is 3.58. The monoisotopic (exact) mass is 274 g/mol. The number of hydrogen-bond donors (Lipinski definition) is 2. The van der Waals surface area contributed by atoms with E-state index in [4.69, 9.17) is 21.1 Å². The van der Waals surface area contributed by atoms with Gasteiger partial charge in [0.05, 0.1) is 14.2 Å². The summed E-state index contributed by atoms with van der Waals surface area (Å²) in [6.07, 6.45) is 2.24. The average molecular weight is 274 g/mol. The number of nitrogen functional groups attached to an aromatic ring is 2. The lowest BCUT2D eigenvalue weighted by Gasteiger charge is -2.09. The Labute approximate surface area is 117 Å². The molecule has 1 aliphatic rings. The number of nitrogens with zero attached hydrogens (tertiary/aromatic N) is 2. The van der Waals surface area contributed by atoms with Gasteiger partial charge in [-0.25, -0.2) is 9.66 Å². The Morgan fingerprint density at radius 1 is 1.25 bits per heavy atom. The van der Waals surface area contributed by atoms with E-state index < -0.39 is 0 Å². The molecule has 6 heteroatoms. The number of aromatic nitrogens is 2. The Balaban J connectivity index is 2.10. The van der Waals surface area contributed by atoms with E-state index in [2.05, 4.69) is 4.98 Å². The molecule has 1 aliphatic carbocycles. The lowest BCUT2D eigenvalue weighted by atomic mass is 10.1. The Morgan fingerprint density at radius 2 is 2.00 bits per heavy atom. The molecule has 20 heavy (non-hydrogen) atoms. The van der Waals surface area contributed by atoms with E-state index in [1.54, 1.807) is 20.3 Å². The summed E-state index contributed by atoms with van der Waals surface area (Å²) in [6.45, 7) is 0. The van der Waals surface area contributed by atoms with E-state index in [1.807, 2.05) is 12.1 Å². The van der Waals surface area contributed by atoms with E-state index in [-0.39, 0.29) is 0 Å². The van der Waals surface area contributed by atoms with Crippen molar-refractivity contribution in [2.45, 2.75) is 18.8 Å². The van der Waals surface area contributed by atoms with Gasteiger partial charge in [-0.05, 0) is 25.0 Å². The van der Waals surface area contributed by atoms with Gasteiger partial charge < -0.3 is 21.1 Å². The van der Waals surface area contributed by atoms with E-state index in [9.17, 15) is 0 Å². The molecule has 1 saturated carbocycles. The summed E-state index contributed by atoms with van der Waals surface area (Å²) in [5.74, 6) is 9.11. The molecule has 3 rings (SSSR count). The summed E-state index contributed by atoms with van der Waals surface area (Å²) in [5, 5.41) is 0. The number of methoxy groups -OCH3 is 2. The molecule has 1 aromatic carbocycles. The van der Waals surface area contributed by atoms with Crippen LogP contribution >= 0.6 is 0 Å². The second-order valence-electron chi connectivity index (χ2n) is 4.91. The van der Waals surface area contributed by atoms with E-state index >= 15 is 0 Å². The number of hydrogen-bond acceptors (Lipinski definition) is 5. The van der Waals surface area contributed by atoms with Crippen molar-refractivity contribution in [3.8, 4) is 22.8 Å². The minimum Gasteiger partial charge on any atom is -0.497 e. The SMILES string of the molecule is COc1ccc(-c2nc(C3CC3)n(N)c2N)c(OC)c1. The summed E-state index contributed by atoms with van der Waals surface area (Å²) in [4.78, 5) is 4.60. The molecular formula is C14H18N4O2. The van der Waals surface area contributed by atoms with Crippen molar-refractivity contribution in [1.29, 1.82) is 0 Å². The van der Waals surface area contributed by atoms with Crippen LogP contribution in [0.4, 0.5) is 5.82 Å². The first kappa shape index (κ1) is 12.7. The van der Waals surface area contributed by atoms with Gasteiger partial charge in [0.1, 0.15) is 23.0 Å². The largest absolute Gasteiger partial charge is 0.497 e. The topological polar surface area (TPSA) is 88.3 Å². The molecule has 0 aliphatic heterocycles. The number of ether oxygens (including phenoxy) is 2. The van der Waals surface area contributed by atoms with Crippen LogP contribution in [0.1, 0.15) is 24.6 Å². The molecule has 6 nitrogen and oxygen atoms in total. The fraction of sp³-hybridized carbons (Fsp3) is 0.357. The maximum atomic E-state index is 6.08. The standard InChI is InChI=1S/C14H18N4O2/c1-19-9-5-6-10(11(7-9)20-2)12-13(15)18(16)14(17-12)8-3-4-8/h5-8H,3-4,15-16H2,1-2H3. The first-order chi connectivity index (χ1) is 9.65. The first-order valence-electron chi connectivity index (χ1n) is 6.51. The highest BCUT2D eigenvalue weighted by Crippen LogP contribution is 2.43. The van der Waals surface area contributed by atoms with Crippen LogP contribution in [0, 0.1) is 0 Å². The highest BCUT2D eigenvalue weighted by molar-refractivity contribution is 5.77. The number of rotatable bonds is 4. The van der Waals surface area contributed by atoms with Crippen LogP contribution in [0.3, 0.4) is 0 Å². The second kappa shape index (κ2) is 4.63. The molecule has 4 N–H and O–H groups in total. The molecule has 0 unspecified atom stereocenters. The molecule has 106 valence electrons. The number of nitrogens with two attached hydrogens (primary N) is 2. The van der Waals surface area contributed by atoms with Gasteiger partial charge in [-0.1, -0.05) is 0 Å². The van der Waals surface area contributed by atoms with Gasteiger partial charge in [0.15, 0.2) is 5.82 Å². The molecule has 0 atom stereocenters. The molecular weight excluding hydrogens is 256 g/mol. The Hall–Kier alpha value is -2.37. The van der Waals surface area contributed by atoms with Crippen LogP contribution in [0.2, 0.25) is 0 Å². The van der Waals surface area contributed by atoms with Gasteiger partial charge in [-0.3, -0.25) is 0 Å². The Bertz CT molecular complexity index is 647. The summed E-state index contributed by atoms with van der Waals surface area (Å²) in [5.41, 5.74) is 7.56. The summed E-state index contributed by atoms with van der Waals surface area (Å²) < 4.78 is 12.1. The molecule has 0 radical (unpaired) electrons. The zero-order valence-corrected chi connectivity index (χ0v) is 11.6. The molecule has 1 fully saturated rings. The number of imidazole rings is 1. The van der Waals surface area contributed by atoms with Crippen LogP contribution < -0.4 is 21.1 Å². The van der Waals surface area contributed by atoms with Gasteiger partial charge in [0.25, 0.3) is 0 Å². The fourth-order valence-electron chi connectivity index (χ4n) is 2.29. The molecule has 0 spiro atoms. The Morgan fingerprint density at radius 3 is 2.60 bits per heavy atom. The van der Waals surface area contributed by atoms with Gasteiger partial charge in [0, 0.05) is 17.5 Å². The third-order valence-corrected chi connectivity index (χ3v) is 3.58. The maximum absolute atomic E-state index is 6.08. The minimum atomic E-state index is 0.431. The zero-order chi connectivity index (χ0) is 14.3. The third kappa shape index (κ3) is 1.93. The molecule has 2 aromatic rings. The van der Waals surface area contributed by atoms with Crippen molar-refractivity contribution in [2.75, 3.05) is 25.8 Å². The van der Waals surface area contributed by atoms with Gasteiger partial charge >= 0.3 is 0 Å². The quantitative estimate of drug-likeness (QED) is 0.829. The second-order valence-corrected chi connectivity index (χ2v) is 4.91. The van der Waals surface area contributed by atoms with E-state index in [1.165, 1.54) is 4.68 Å². The smallest absolute Gasteiger partial charge is 0.150 e. The lowest BCUT2D eigenvalue weighted by Crippen LogP contribution is -2.14. The number of benzene rings is 1. The summed E-state index contributed by atoms with van der Waals surface area (Å²) in [6, 6.07) is 5.54. The average Bonchev–Trinajstić information content (AvgIpc) is 3.27. The highest BCUT2D eigenvalue weighted by atomic mass is 16.5. The van der Waals surface area contributed by atoms with Crippen molar-refractivity contribution in [2.24, 2.45) is 0 Å². The fourth-order valence-corrected chi connectivity index (χ4v) is 2.29. The van der Waals surface area contributed by atoms with Gasteiger partial charge in [0.2, 0.25) is 0 Å². The number of anilines is 1. The van der Waals surface area contributed by atoms with E-state index in [0.717, 1.165) is 30.0 Å². The Kier molecular flexibility index (Phi) is 2.93. The van der Waals surface area contributed by atoms with Crippen LogP contribution in [-0.4, -0.2) is 23.9 Å². The molecule has 0 bridgehead atoms. The van der Waals surface area contributed by atoms with Crippen LogP contribution in [0.5, 0.6) is 11.5 Å².